The standard InChI is InChI=1S/C31H30ClF2N5O4/c1-4-7-22(14-19(2)3)38(27(23-8-5-6-9-24(23)32)28(40)37-21-16-31(33,34)17-21)29(41)25-11-13-43-30(42)39(25)26-15-20(18-35)10-12-36-26/h4-10,12,14-15,21,25,27H,2,11,13,16-17H2,1,3H3,(H,37,40). The third-order valence-electron chi connectivity index (χ3n) is 6.92. The normalized spacial score (nSPS) is 19.2. The summed E-state index contributed by atoms with van der Waals surface area (Å²) in [6.07, 6.45) is 4.28. The van der Waals surface area contributed by atoms with E-state index in [1.165, 1.54) is 23.2 Å². The molecule has 1 aromatic heterocycles. The Balaban J connectivity index is 1.88. The molecule has 0 bridgehead atoms. The number of amides is 3. The molecule has 1 saturated heterocycles. The highest BCUT2D eigenvalue weighted by Gasteiger charge is 2.48. The smallest absolute Gasteiger partial charge is 0.416 e. The second kappa shape index (κ2) is 13.2. The van der Waals surface area contributed by atoms with Crippen LogP contribution < -0.4 is 10.2 Å². The van der Waals surface area contributed by atoms with E-state index >= 15 is 0 Å². The maximum atomic E-state index is 14.7. The van der Waals surface area contributed by atoms with Crippen molar-refractivity contribution in [3.63, 3.8) is 0 Å². The van der Waals surface area contributed by atoms with Gasteiger partial charge in [-0.1, -0.05) is 48.0 Å². The number of carbonyl (C=O) groups excluding carboxylic acids is 3. The van der Waals surface area contributed by atoms with E-state index in [1.807, 2.05) is 6.07 Å². The van der Waals surface area contributed by atoms with Crippen LogP contribution in [-0.4, -0.2) is 52.4 Å². The lowest BCUT2D eigenvalue weighted by molar-refractivity contribution is -0.143. The summed E-state index contributed by atoms with van der Waals surface area (Å²) in [5.41, 5.74) is 1.24. The van der Waals surface area contributed by atoms with Crippen molar-refractivity contribution in [2.24, 2.45) is 0 Å². The van der Waals surface area contributed by atoms with Gasteiger partial charge in [-0.25, -0.2) is 23.5 Å². The molecule has 2 heterocycles. The van der Waals surface area contributed by atoms with Crippen LogP contribution in [0.15, 0.2) is 78.7 Å². The van der Waals surface area contributed by atoms with Gasteiger partial charge in [-0.3, -0.25) is 14.5 Å². The number of aromatic nitrogens is 1. The van der Waals surface area contributed by atoms with E-state index in [4.69, 9.17) is 16.3 Å². The molecule has 9 nitrogen and oxygen atoms in total. The first kappa shape index (κ1) is 31.4. The second-order valence-electron chi connectivity index (χ2n) is 10.3. The second-order valence-corrected chi connectivity index (χ2v) is 10.7. The molecule has 43 heavy (non-hydrogen) atoms. The lowest BCUT2D eigenvalue weighted by atomic mass is 9.87. The van der Waals surface area contributed by atoms with Crippen molar-refractivity contribution in [1.29, 1.82) is 5.26 Å². The van der Waals surface area contributed by atoms with Crippen LogP contribution in [0.2, 0.25) is 5.02 Å². The van der Waals surface area contributed by atoms with E-state index in [1.54, 1.807) is 56.3 Å². The molecule has 2 atom stereocenters. The first-order valence-electron chi connectivity index (χ1n) is 13.5. The highest BCUT2D eigenvalue weighted by atomic mass is 35.5. The first-order valence-corrected chi connectivity index (χ1v) is 13.9. The SMILES string of the molecule is C=C(C)C=C(C=CC)N(C(=O)C1CCOC(=O)N1c1cc(C#N)ccn1)C(C(=O)NC1CC(F)(F)C1)c1ccccc1Cl. The number of pyridine rings is 1. The van der Waals surface area contributed by atoms with Gasteiger partial charge >= 0.3 is 6.09 Å². The number of alkyl halides is 2. The van der Waals surface area contributed by atoms with Crippen LogP contribution in [-0.2, 0) is 14.3 Å². The third-order valence-corrected chi connectivity index (χ3v) is 7.27. The fourth-order valence-corrected chi connectivity index (χ4v) is 5.25. The minimum atomic E-state index is -2.89. The highest BCUT2D eigenvalue weighted by molar-refractivity contribution is 6.31. The number of cyclic esters (lactones) is 1. The number of hydrogen-bond acceptors (Lipinski definition) is 6. The molecule has 1 aromatic carbocycles. The Labute approximate surface area is 253 Å². The molecule has 4 rings (SSSR count). The number of nitriles is 1. The van der Waals surface area contributed by atoms with Crippen molar-refractivity contribution in [2.45, 2.75) is 57.2 Å². The molecule has 1 aliphatic heterocycles. The van der Waals surface area contributed by atoms with Crippen LogP contribution >= 0.6 is 11.6 Å². The van der Waals surface area contributed by atoms with Gasteiger partial charge in [0.25, 0.3) is 11.8 Å². The van der Waals surface area contributed by atoms with E-state index < -0.39 is 54.8 Å². The maximum absolute atomic E-state index is 14.7. The number of rotatable bonds is 9. The predicted molar refractivity (Wildman–Crippen MR) is 156 cm³/mol. The fourth-order valence-electron chi connectivity index (χ4n) is 5.01. The average Bonchev–Trinajstić information content (AvgIpc) is 2.94. The molecule has 2 fully saturated rings. The number of nitrogens with zero attached hydrogens (tertiary/aromatic N) is 4. The van der Waals surface area contributed by atoms with E-state index in [2.05, 4.69) is 16.9 Å². The summed E-state index contributed by atoms with van der Waals surface area (Å²) in [5.74, 6) is -4.30. The maximum Gasteiger partial charge on any atom is 0.416 e. The van der Waals surface area contributed by atoms with E-state index in [0.29, 0.717) is 5.57 Å². The van der Waals surface area contributed by atoms with Gasteiger partial charge in [-0.15, -0.1) is 0 Å². The Morgan fingerprint density at radius 2 is 2.05 bits per heavy atom. The van der Waals surface area contributed by atoms with Gasteiger partial charge in [0.15, 0.2) is 0 Å². The molecule has 0 radical (unpaired) electrons. The first-order chi connectivity index (χ1) is 20.5. The van der Waals surface area contributed by atoms with Crippen LogP contribution in [0.3, 0.4) is 0 Å². The molecule has 1 saturated carbocycles. The van der Waals surface area contributed by atoms with Crippen LogP contribution in [0.25, 0.3) is 0 Å². The molecule has 1 N–H and O–H groups in total. The Morgan fingerprint density at radius 3 is 2.67 bits per heavy atom. The number of allylic oxidation sites excluding steroid dienone is 4. The fraction of sp³-hybridized carbons (Fsp3) is 0.323. The summed E-state index contributed by atoms with van der Waals surface area (Å²) in [6.45, 7) is 7.25. The van der Waals surface area contributed by atoms with Crippen molar-refractivity contribution in [3.8, 4) is 6.07 Å². The number of ether oxygens (including phenoxy) is 1. The molecular weight excluding hydrogens is 580 g/mol. The number of benzene rings is 1. The zero-order valence-electron chi connectivity index (χ0n) is 23.6. The van der Waals surface area contributed by atoms with E-state index in [9.17, 15) is 28.4 Å². The molecule has 2 aromatic rings. The summed E-state index contributed by atoms with van der Waals surface area (Å²) in [4.78, 5) is 48.2. The van der Waals surface area contributed by atoms with Gasteiger partial charge in [0.05, 0.1) is 18.2 Å². The minimum absolute atomic E-state index is 0.00830. The Hall–Kier alpha value is -4.56. The van der Waals surface area contributed by atoms with Crippen LogP contribution in [0.4, 0.5) is 19.4 Å². The van der Waals surface area contributed by atoms with Crippen molar-refractivity contribution >= 4 is 35.3 Å². The lowest BCUT2D eigenvalue weighted by Crippen LogP contribution is -2.58. The molecule has 2 unspecified atom stereocenters. The number of anilines is 1. The Kier molecular flexibility index (Phi) is 9.61. The van der Waals surface area contributed by atoms with Crippen molar-refractivity contribution in [3.05, 3.63) is 94.8 Å². The third kappa shape index (κ3) is 7.09. The highest BCUT2D eigenvalue weighted by Crippen LogP contribution is 2.39. The average molecular weight is 610 g/mol. The summed E-state index contributed by atoms with van der Waals surface area (Å²) >= 11 is 6.58. The molecule has 0 spiro atoms. The van der Waals surface area contributed by atoms with Crippen LogP contribution in [0.1, 0.15) is 50.3 Å². The quantitative estimate of drug-likeness (QED) is 0.357. The summed E-state index contributed by atoms with van der Waals surface area (Å²) < 4.78 is 32.6. The molecule has 1 aliphatic carbocycles. The minimum Gasteiger partial charge on any atom is -0.449 e. The van der Waals surface area contributed by atoms with Crippen molar-refractivity contribution < 1.29 is 27.9 Å². The molecular formula is C31H30ClF2N5O4. The number of halogens is 3. The summed E-state index contributed by atoms with van der Waals surface area (Å²) in [6, 6.07) is 7.75. The molecule has 224 valence electrons. The zero-order valence-corrected chi connectivity index (χ0v) is 24.4. The van der Waals surface area contributed by atoms with Gasteiger partial charge in [-0.05, 0) is 44.2 Å². The Bertz CT molecular complexity index is 1530. The zero-order chi connectivity index (χ0) is 31.3. The van der Waals surface area contributed by atoms with Gasteiger partial charge < -0.3 is 10.1 Å². The van der Waals surface area contributed by atoms with E-state index in [0.717, 1.165) is 4.90 Å². The molecule has 3 amide bonds. The number of hydrogen-bond donors (Lipinski definition) is 1. The topological polar surface area (TPSA) is 116 Å². The van der Waals surface area contributed by atoms with Crippen LogP contribution in [0, 0.1) is 11.3 Å². The van der Waals surface area contributed by atoms with Crippen LogP contribution in [0.5, 0.6) is 0 Å². The Morgan fingerprint density at radius 1 is 1.33 bits per heavy atom. The largest absolute Gasteiger partial charge is 0.449 e. The number of nitrogens with one attached hydrogen (secondary N) is 1. The summed E-state index contributed by atoms with van der Waals surface area (Å²) in [5, 5.41) is 12.2. The lowest BCUT2D eigenvalue weighted by Gasteiger charge is -2.41. The van der Waals surface area contributed by atoms with Gasteiger partial charge in [-0.2, -0.15) is 5.26 Å². The van der Waals surface area contributed by atoms with Crippen molar-refractivity contribution in [1.82, 2.24) is 15.2 Å². The number of carbonyl (C=O) groups is 3. The van der Waals surface area contributed by atoms with Gasteiger partial charge in [0, 0.05) is 47.8 Å². The monoisotopic (exact) mass is 609 g/mol. The molecule has 12 heteroatoms. The molecule has 2 aliphatic rings. The van der Waals surface area contributed by atoms with Gasteiger partial charge in [0.2, 0.25) is 5.91 Å². The van der Waals surface area contributed by atoms with E-state index in [-0.39, 0.29) is 40.7 Å². The predicted octanol–water partition coefficient (Wildman–Crippen LogP) is 5.84. The van der Waals surface area contributed by atoms with Crippen molar-refractivity contribution in [2.75, 3.05) is 11.5 Å². The summed E-state index contributed by atoms with van der Waals surface area (Å²) in [7, 11) is 0. The van der Waals surface area contributed by atoms with Gasteiger partial charge in [0.1, 0.15) is 17.9 Å².